The van der Waals surface area contributed by atoms with Gasteiger partial charge < -0.3 is 20.3 Å². The molecule has 1 unspecified atom stereocenters. The fraction of sp³-hybridized carbons (Fsp3) is 0.571. The monoisotopic (exact) mass is 283 g/mol. The number of hydrogen-bond acceptors (Lipinski definition) is 5. The second kappa shape index (κ2) is 7.03. The van der Waals surface area contributed by atoms with Gasteiger partial charge in [-0.05, 0) is 42.0 Å². The Morgan fingerprint density at radius 3 is 2.74 bits per heavy atom. The molecule has 0 aromatic heterocycles. The van der Waals surface area contributed by atoms with Crippen LogP contribution in [0.25, 0.3) is 0 Å². The van der Waals surface area contributed by atoms with E-state index in [0.29, 0.717) is 5.75 Å². The molecule has 1 aromatic rings. The number of hydrogen-bond donors (Lipinski definition) is 2. The summed E-state index contributed by atoms with van der Waals surface area (Å²) in [6.07, 6.45) is 2.42. The number of ether oxygens (including phenoxy) is 2. The van der Waals surface area contributed by atoms with Crippen LogP contribution >= 0.6 is 11.8 Å². The summed E-state index contributed by atoms with van der Waals surface area (Å²) in [5.41, 5.74) is 6.66. The molecule has 2 rings (SSSR count). The van der Waals surface area contributed by atoms with Gasteiger partial charge in [-0.3, -0.25) is 0 Å². The molecule has 3 N–H and O–H groups in total. The van der Waals surface area contributed by atoms with Crippen molar-refractivity contribution in [3.63, 3.8) is 0 Å². The van der Waals surface area contributed by atoms with Crippen LogP contribution in [0, 0.1) is 0 Å². The Bertz CT molecular complexity index is 408. The molecule has 0 spiro atoms. The molecule has 1 atom stereocenters. The van der Waals surface area contributed by atoms with Crippen molar-refractivity contribution in [3.8, 4) is 11.5 Å². The number of benzene rings is 1. The third-order valence-electron chi connectivity index (χ3n) is 3.27. The molecule has 4 nitrogen and oxygen atoms in total. The second-order valence-corrected chi connectivity index (χ2v) is 5.85. The molecule has 0 saturated carbocycles. The molecule has 0 aliphatic carbocycles. The average Bonchev–Trinajstić information content (AvgIpc) is 2.48. The highest BCUT2D eigenvalue weighted by Gasteiger charge is 2.18. The van der Waals surface area contributed by atoms with E-state index in [1.807, 2.05) is 30.0 Å². The predicted octanol–water partition coefficient (Wildman–Crippen LogP) is 1.96. The van der Waals surface area contributed by atoms with E-state index in [0.717, 1.165) is 35.7 Å². The molecule has 5 heteroatoms. The van der Waals surface area contributed by atoms with E-state index < -0.39 is 0 Å². The summed E-state index contributed by atoms with van der Waals surface area (Å²) in [5.74, 6) is 3.74. The number of nitrogens with two attached hydrogens (primary N) is 1. The van der Waals surface area contributed by atoms with E-state index >= 15 is 0 Å². The van der Waals surface area contributed by atoms with Crippen molar-refractivity contribution in [1.82, 2.24) is 0 Å². The molecule has 1 aromatic carbocycles. The lowest BCUT2D eigenvalue weighted by molar-refractivity contribution is 0.184. The van der Waals surface area contributed by atoms with Crippen LogP contribution in [-0.2, 0) is 0 Å². The van der Waals surface area contributed by atoms with E-state index in [1.54, 1.807) is 7.11 Å². The lowest BCUT2D eigenvalue weighted by atomic mass is 10.1. The minimum Gasteiger partial charge on any atom is -0.493 e. The van der Waals surface area contributed by atoms with Crippen molar-refractivity contribution in [2.24, 2.45) is 5.73 Å². The van der Waals surface area contributed by atoms with Crippen molar-refractivity contribution < 1.29 is 14.6 Å². The third-order valence-corrected chi connectivity index (χ3v) is 4.32. The summed E-state index contributed by atoms with van der Waals surface area (Å²) in [4.78, 5) is 0. The van der Waals surface area contributed by atoms with Gasteiger partial charge in [-0.2, -0.15) is 11.8 Å². The largest absolute Gasteiger partial charge is 0.493 e. The average molecular weight is 283 g/mol. The van der Waals surface area contributed by atoms with Gasteiger partial charge in [0.25, 0.3) is 0 Å². The molecule has 1 saturated heterocycles. The van der Waals surface area contributed by atoms with Crippen molar-refractivity contribution >= 4 is 11.8 Å². The van der Waals surface area contributed by atoms with Crippen molar-refractivity contribution in [1.29, 1.82) is 0 Å². The molecule has 106 valence electrons. The van der Waals surface area contributed by atoms with Gasteiger partial charge in [-0.1, -0.05) is 6.07 Å². The van der Waals surface area contributed by atoms with Crippen molar-refractivity contribution in [2.45, 2.75) is 25.0 Å². The maximum Gasteiger partial charge on any atom is 0.161 e. The van der Waals surface area contributed by atoms with E-state index in [4.69, 9.17) is 20.3 Å². The number of methoxy groups -OCH3 is 1. The maximum atomic E-state index is 9.08. The topological polar surface area (TPSA) is 64.7 Å². The molecule has 1 fully saturated rings. The zero-order valence-corrected chi connectivity index (χ0v) is 12.0. The standard InChI is InChI=1S/C14H21NO3S/c1-17-14-8-10(12(15)9-16)2-3-13(14)18-11-4-6-19-7-5-11/h2-3,8,11-12,16H,4-7,9,15H2,1H3. The Kier molecular flexibility index (Phi) is 5.36. The molecule has 1 heterocycles. The van der Waals surface area contributed by atoms with Crippen LogP contribution in [0.1, 0.15) is 24.4 Å². The molecule has 1 aliphatic heterocycles. The highest BCUT2D eigenvalue weighted by molar-refractivity contribution is 7.99. The number of thioether (sulfide) groups is 1. The highest BCUT2D eigenvalue weighted by atomic mass is 32.2. The highest BCUT2D eigenvalue weighted by Crippen LogP contribution is 2.32. The minimum absolute atomic E-state index is 0.0802. The quantitative estimate of drug-likeness (QED) is 0.865. The first kappa shape index (κ1) is 14.5. The first-order valence-corrected chi connectivity index (χ1v) is 7.69. The van der Waals surface area contributed by atoms with Crippen LogP contribution in [0.15, 0.2) is 18.2 Å². The molecule has 0 amide bonds. The summed E-state index contributed by atoms with van der Waals surface area (Å²) >= 11 is 1.97. The van der Waals surface area contributed by atoms with Gasteiger partial charge in [0.05, 0.1) is 19.8 Å². The zero-order valence-electron chi connectivity index (χ0n) is 11.2. The van der Waals surface area contributed by atoms with Crippen LogP contribution in [0.4, 0.5) is 0 Å². The van der Waals surface area contributed by atoms with Crippen LogP contribution < -0.4 is 15.2 Å². The molecular formula is C14H21NO3S. The molecule has 19 heavy (non-hydrogen) atoms. The van der Waals surface area contributed by atoms with Gasteiger partial charge in [0.2, 0.25) is 0 Å². The van der Waals surface area contributed by atoms with E-state index in [2.05, 4.69) is 0 Å². The normalized spacial score (nSPS) is 18.1. The Morgan fingerprint density at radius 2 is 2.11 bits per heavy atom. The fourth-order valence-electron chi connectivity index (χ4n) is 2.09. The van der Waals surface area contributed by atoms with E-state index in [9.17, 15) is 0 Å². The number of rotatable bonds is 5. The smallest absolute Gasteiger partial charge is 0.161 e. The maximum absolute atomic E-state index is 9.08. The first-order chi connectivity index (χ1) is 9.24. The Morgan fingerprint density at radius 1 is 1.37 bits per heavy atom. The zero-order chi connectivity index (χ0) is 13.7. The summed E-state index contributed by atoms with van der Waals surface area (Å²) in [6, 6.07) is 5.23. The fourth-order valence-corrected chi connectivity index (χ4v) is 3.15. The SMILES string of the molecule is COc1cc(C(N)CO)ccc1OC1CCSCC1. The lowest BCUT2D eigenvalue weighted by Crippen LogP contribution is -2.22. The van der Waals surface area contributed by atoms with Gasteiger partial charge in [0, 0.05) is 0 Å². The van der Waals surface area contributed by atoms with Crippen LogP contribution in [-0.4, -0.2) is 36.4 Å². The summed E-state index contributed by atoms with van der Waals surface area (Å²) in [6.45, 7) is -0.0802. The van der Waals surface area contributed by atoms with Gasteiger partial charge >= 0.3 is 0 Å². The second-order valence-electron chi connectivity index (χ2n) is 4.63. The molecule has 0 radical (unpaired) electrons. The Balaban J connectivity index is 2.11. The number of aliphatic hydroxyl groups is 1. The first-order valence-electron chi connectivity index (χ1n) is 6.53. The Hall–Kier alpha value is -0.910. The third kappa shape index (κ3) is 3.78. The molecule has 1 aliphatic rings. The van der Waals surface area contributed by atoms with Gasteiger partial charge in [-0.25, -0.2) is 0 Å². The number of aliphatic hydroxyl groups excluding tert-OH is 1. The van der Waals surface area contributed by atoms with Gasteiger partial charge in [0.1, 0.15) is 6.10 Å². The van der Waals surface area contributed by atoms with Crippen molar-refractivity contribution in [2.75, 3.05) is 25.2 Å². The van der Waals surface area contributed by atoms with Crippen LogP contribution in [0.3, 0.4) is 0 Å². The van der Waals surface area contributed by atoms with Gasteiger partial charge in [0.15, 0.2) is 11.5 Å². The van der Waals surface area contributed by atoms with Gasteiger partial charge in [-0.15, -0.1) is 0 Å². The molecule has 0 bridgehead atoms. The van der Waals surface area contributed by atoms with Crippen LogP contribution in [0.2, 0.25) is 0 Å². The summed E-state index contributed by atoms with van der Waals surface area (Å²) in [7, 11) is 1.62. The Labute approximate surface area is 118 Å². The lowest BCUT2D eigenvalue weighted by Gasteiger charge is -2.24. The summed E-state index contributed by atoms with van der Waals surface area (Å²) < 4.78 is 11.4. The minimum atomic E-state index is -0.381. The summed E-state index contributed by atoms with van der Waals surface area (Å²) in [5, 5.41) is 9.08. The van der Waals surface area contributed by atoms with Crippen LogP contribution in [0.5, 0.6) is 11.5 Å². The van der Waals surface area contributed by atoms with E-state index in [-0.39, 0.29) is 18.8 Å². The van der Waals surface area contributed by atoms with Crippen molar-refractivity contribution in [3.05, 3.63) is 23.8 Å². The van der Waals surface area contributed by atoms with E-state index in [1.165, 1.54) is 0 Å². The predicted molar refractivity (Wildman–Crippen MR) is 78.0 cm³/mol. The molecular weight excluding hydrogens is 262 g/mol.